The number of benzene rings is 2. The van der Waals surface area contributed by atoms with Crippen LogP contribution in [0.15, 0.2) is 54.6 Å². The molecule has 2 amide bonds. The summed E-state index contributed by atoms with van der Waals surface area (Å²) in [5.74, 6) is 0.356. The smallest absolute Gasteiger partial charge is 0.407 e. The first-order valence-corrected chi connectivity index (χ1v) is 9.63. The zero-order valence-electron chi connectivity index (χ0n) is 17.3. The molecule has 0 bridgehead atoms. The molecule has 7 nitrogen and oxygen atoms in total. The van der Waals surface area contributed by atoms with E-state index in [9.17, 15) is 9.59 Å². The number of rotatable bonds is 11. The normalized spacial score (nSPS) is 12.2. The zero-order valence-corrected chi connectivity index (χ0v) is 18.1. The van der Waals surface area contributed by atoms with E-state index >= 15 is 0 Å². The third-order valence-electron chi connectivity index (χ3n) is 4.56. The maximum Gasteiger partial charge on any atom is 0.407 e. The van der Waals surface area contributed by atoms with Crippen LogP contribution in [0.2, 0.25) is 0 Å². The Bertz CT molecular complexity index is 772. The number of primary amides is 1. The highest BCUT2D eigenvalue weighted by Gasteiger charge is 2.18. The van der Waals surface area contributed by atoms with Crippen LogP contribution in [0, 0.1) is 0 Å². The van der Waals surface area contributed by atoms with Gasteiger partial charge in [-0.1, -0.05) is 42.5 Å². The molecule has 0 aliphatic rings. The molecule has 2 aromatic carbocycles. The Kier molecular flexibility index (Phi) is 11.3. The minimum absolute atomic E-state index is 0. The quantitative estimate of drug-likeness (QED) is 0.470. The first-order chi connectivity index (χ1) is 14.0. The summed E-state index contributed by atoms with van der Waals surface area (Å²) in [5.41, 5.74) is 7.48. The van der Waals surface area contributed by atoms with E-state index in [4.69, 9.17) is 15.2 Å². The number of methoxy groups -OCH3 is 1. The monoisotopic (exact) mass is 435 g/mol. The Hall–Kier alpha value is -2.77. The van der Waals surface area contributed by atoms with E-state index in [-0.39, 0.29) is 25.1 Å². The van der Waals surface area contributed by atoms with Crippen LogP contribution >= 0.6 is 12.4 Å². The van der Waals surface area contributed by atoms with Crippen molar-refractivity contribution in [3.8, 4) is 5.75 Å². The first-order valence-electron chi connectivity index (χ1n) is 9.63. The number of ether oxygens (including phenoxy) is 2. The van der Waals surface area contributed by atoms with E-state index in [1.54, 1.807) is 7.11 Å². The van der Waals surface area contributed by atoms with Crippen molar-refractivity contribution in [1.82, 2.24) is 10.6 Å². The van der Waals surface area contributed by atoms with Crippen LogP contribution in [0.1, 0.15) is 36.9 Å². The van der Waals surface area contributed by atoms with E-state index in [1.165, 1.54) is 0 Å². The van der Waals surface area contributed by atoms with Crippen molar-refractivity contribution in [2.45, 2.75) is 38.5 Å². The van der Waals surface area contributed by atoms with E-state index < -0.39 is 18.0 Å². The number of carbonyl (C=O) groups is 2. The van der Waals surface area contributed by atoms with Crippen molar-refractivity contribution in [1.29, 1.82) is 0 Å². The van der Waals surface area contributed by atoms with Crippen molar-refractivity contribution in [2.24, 2.45) is 5.73 Å². The SMILES string of the molecule is COc1ccc([C@H](C)N[C@H](CCCNC(=O)OCc2ccccc2)C(N)=O)cc1.Cl. The molecule has 0 saturated heterocycles. The lowest BCUT2D eigenvalue weighted by Gasteiger charge is -2.21. The Labute approximate surface area is 183 Å². The molecular formula is C22H30ClN3O4. The second-order valence-electron chi connectivity index (χ2n) is 6.75. The largest absolute Gasteiger partial charge is 0.497 e. The van der Waals surface area contributed by atoms with Gasteiger partial charge in [-0.05, 0) is 43.0 Å². The topological polar surface area (TPSA) is 103 Å². The number of hydrogen-bond donors (Lipinski definition) is 3. The van der Waals surface area contributed by atoms with Crippen molar-refractivity contribution in [3.63, 3.8) is 0 Å². The van der Waals surface area contributed by atoms with Gasteiger partial charge in [0.1, 0.15) is 12.4 Å². The third-order valence-corrected chi connectivity index (χ3v) is 4.56. The van der Waals surface area contributed by atoms with Gasteiger partial charge in [0.25, 0.3) is 0 Å². The van der Waals surface area contributed by atoms with Gasteiger partial charge in [0.2, 0.25) is 5.91 Å². The number of carbonyl (C=O) groups excluding carboxylic acids is 2. The summed E-state index contributed by atoms with van der Waals surface area (Å²) in [4.78, 5) is 23.5. The fourth-order valence-electron chi connectivity index (χ4n) is 2.87. The lowest BCUT2D eigenvalue weighted by molar-refractivity contribution is -0.120. The Morgan fingerprint density at radius 3 is 2.33 bits per heavy atom. The number of nitrogens with one attached hydrogen (secondary N) is 2. The summed E-state index contributed by atoms with van der Waals surface area (Å²) in [6.45, 7) is 2.59. The predicted octanol–water partition coefficient (Wildman–Crippen LogP) is 3.33. The number of hydrogen-bond acceptors (Lipinski definition) is 5. The molecule has 30 heavy (non-hydrogen) atoms. The Balaban J connectivity index is 0.00000450. The minimum atomic E-state index is -0.491. The van der Waals surface area contributed by atoms with Crippen molar-refractivity contribution >= 4 is 24.4 Å². The van der Waals surface area contributed by atoms with Gasteiger partial charge in [0, 0.05) is 12.6 Å². The van der Waals surface area contributed by atoms with Crippen LogP contribution in [0.25, 0.3) is 0 Å². The molecule has 0 aliphatic heterocycles. The molecule has 0 spiro atoms. The van der Waals surface area contributed by atoms with E-state index in [0.717, 1.165) is 16.9 Å². The van der Waals surface area contributed by atoms with Crippen molar-refractivity contribution in [2.75, 3.05) is 13.7 Å². The highest BCUT2D eigenvalue weighted by molar-refractivity contribution is 5.85. The summed E-state index contributed by atoms with van der Waals surface area (Å²) in [5, 5.41) is 5.94. The molecule has 0 unspecified atom stereocenters. The molecule has 2 rings (SSSR count). The lowest BCUT2D eigenvalue weighted by Crippen LogP contribution is -2.43. The summed E-state index contributed by atoms with van der Waals surface area (Å²) in [6, 6.07) is 16.5. The highest BCUT2D eigenvalue weighted by atomic mass is 35.5. The number of alkyl carbamates (subject to hydrolysis) is 1. The average Bonchev–Trinajstić information content (AvgIpc) is 2.74. The molecule has 0 aliphatic carbocycles. The van der Waals surface area contributed by atoms with Gasteiger partial charge in [-0.15, -0.1) is 12.4 Å². The molecule has 0 radical (unpaired) electrons. The Morgan fingerprint density at radius 1 is 1.07 bits per heavy atom. The van der Waals surface area contributed by atoms with Crippen molar-refractivity contribution < 1.29 is 19.1 Å². The fraction of sp³-hybridized carbons (Fsp3) is 0.364. The van der Waals surface area contributed by atoms with Crippen molar-refractivity contribution in [3.05, 3.63) is 65.7 Å². The first kappa shape index (κ1) is 25.3. The summed E-state index contributed by atoms with van der Waals surface area (Å²) in [6.07, 6.45) is 0.620. The molecular weight excluding hydrogens is 406 g/mol. The molecule has 8 heteroatoms. The molecule has 4 N–H and O–H groups in total. The maximum absolute atomic E-state index is 11.8. The standard InChI is InChI=1S/C22H29N3O4.ClH/c1-16(18-10-12-19(28-2)13-11-18)25-20(21(23)26)9-6-14-24-22(27)29-15-17-7-4-3-5-8-17;/h3-5,7-8,10-13,16,20,25H,6,9,14-15H2,1-2H3,(H2,23,26)(H,24,27);1H/t16-,20+;/m0./s1. The molecule has 0 aromatic heterocycles. The summed E-state index contributed by atoms with van der Waals surface area (Å²) < 4.78 is 10.3. The molecule has 0 fully saturated rings. The van der Waals surface area contributed by atoms with Crippen LogP contribution in [0.4, 0.5) is 4.79 Å². The molecule has 2 aromatic rings. The maximum atomic E-state index is 11.8. The van der Waals surface area contributed by atoms with Gasteiger partial charge in [-0.2, -0.15) is 0 Å². The van der Waals surface area contributed by atoms with Gasteiger partial charge in [0.05, 0.1) is 13.2 Å². The van der Waals surface area contributed by atoms with Gasteiger partial charge in [0.15, 0.2) is 0 Å². The zero-order chi connectivity index (χ0) is 21.1. The molecule has 164 valence electrons. The van der Waals surface area contributed by atoms with Gasteiger partial charge < -0.3 is 20.5 Å². The molecule has 0 saturated carbocycles. The van der Waals surface area contributed by atoms with E-state index in [1.807, 2.05) is 61.5 Å². The fourth-order valence-corrected chi connectivity index (χ4v) is 2.87. The van der Waals surface area contributed by atoms with E-state index in [2.05, 4.69) is 10.6 Å². The number of amides is 2. The lowest BCUT2D eigenvalue weighted by atomic mass is 10.0. The van der Waals surface area contributed by atoms with Crippen LogP contribution in [-0.2, 0) is 16.1 Å². The van der Waals surface area contributed by atoms with Gasteiger partial charge >= 0.3 is 6.09 Å². The van der Waals surface area contributed by atoms with E-state index in [0.29, 0.717) is 19.4 Å². The third kappa shape index (κ3) is 8.71. The number of halogens is 1. The molecule has 0 heterocycles. The van der Waals surface area contributed by atoms with Crippen LogP contribution < -0.4 is 21.1 Å². The predicted molar refractivity (Wildman–Crippen MR) is 119 cm³/mol. The highest BCUT2D eigenvalue weighted by Crippen LogP contribution is 2.18. The summed E-state index contributed by atoms with van der Waals surface area (Å²) in [7, 11) is 1.62. The average molecular weight is 436 g/mol. The van der Waals surface area contributed by atoms with Crippen LogP contribution in [0.5, 0.6) is 5.75 Å². The Morgan fingerprint density at radius 2 is 1.73 bits per heavy atom. The summed E-state index contributed by atoms with van der Waals surface area (Å²) >= 11 is 0. The minimum Gasteiger partial charge on any atom is -0.497 e. The van der Waals surface area contributed by atoms with Gasteiger partial charge in [-0.3, -0.25) is 10.1 Å². The van der Waals surface area contributed by atoms with Gasteiger partial charge in [-0.25, -0.2) is 4.79 Å². The molecule has 2 atom stereocenters. The van der Waals surface area contributed by atoms with Crippen LogP contribution in [0.3, 0.4) is 0 Å². The second kappa shape index (κ2) is 13.5. The van der Waals surface area contributed by atoms with Crippen LogP contribution in [-0.4, -0.2) is 31.7 Å². The second-order valence-corrected chi connectivity index (χ2v) is 6.75. The number of nitrogens with two attached hydrogens (primary N) is 1.